The van der Waals surface area contributed by atoms with Gasteiger partial charge in [-0.05, 0) is 18.4 Å². The molecule has 36 heavy (non-hydrogen) atoms. The number of H-pyrrole nitrogens is 1. The Morgan fingerprint density at radius 1 is 1.08 bits per heavy atom. The van der Waals surface area contributed by atoms with Crippen LogP contribution in [0, 0.1) is 0 Å². The van der Waals surface area contributed by atoms with E-state index in [9.17, 15) is 35.9 Å². The fourth-order valence-electron chi connectivity index (χ4n) is 4.56. The monoisotopic (exact) mass is 519 g/mol. The molecule has 0 aromatic carbocycles. The summed E-state index contributed by atoms with van der Waals surface area (Å²) in [4.78, 5) is 35.1. The lowest BCUT2D eigenvalue weighted by atomic mass is 9.87. The van der Waals surface area contributed by atoms with Gasteiger partial charge >= 0.3 is 12.4 Å². The van der Waals surface area contributed by atoms with Crippen LogP contribution in [0.15, 0.2) is 17.2 Å². The lowest BCUT2D eigenvalue weighted by Gasteiger charge is -2.35. The number of nitrogens with zero attached hydrogens (tertiary/aromatic N) is 5. The Bertz CT molecular complexity index is 1170. The van der Waals surface area contributed by atoms with E-state index in [0.29, 0.717) is 45.0 Å². The predicted molar refractivity (Wildman–Crippen MR) is 114 cm³/mol. The standard InChI is InChI=1S/C21H23F6N7O2/c1-19(3-2-13-15(21(25,26)27)17(36)32-31-16(13)19)11-28-10-14(35)33-4-6-34(7-5-33)18-29-8-12(9-30-18)20(22,23)24/h8-9,28H,2-7,10-11H2,1H3,(H,32,36)/t19-/m1/s1. The molecule has 2 aliphatic rings. The largest absolute Gasteiger partial charge is 0.422 e. The molecule has 1 atom stereocenters. The summed E-state index contributed by atoms with van der Waals surface area (Å²) in [6, 6.07) is 0. The zero-order valence-corrected chi connectivity index (χ0v) is 19.1. The van der Waals surface area contributed by atoms with Crippen molar-refractivity contribution in [1.82, 2.24) is 30.4 Å². The van der Waals surface area contributed by atoms with Crippen LogP contribution in [0.1, 0.15) is 35.7 Å². The average Bonchev–Trinajstić information content (AvgIpc) is 3.14. The van der Waals surface area contributed by atoms with Crippen LogP contribution in [-0.2, 0) is 29.0 Å². The summed E-state index contributed by atoms with van der Waals surface area (Å²) in [5, 5.41) is 8.81. The third kappa shape index (κ3) is 5.15. The Morgan fingerprint density at radius 2 is 1.72 bits per heavy atom. The number of hydrogen-bond donors (Lipinski definition) is 2. The summed E-state index contributed by atoms with van der Waals surface area (Å²) in [7, 11) is 0. The molecule has 0 unspecified atom stereocenters. The van der Waals surface area contributed by atoms with E-state index >= 15 is 0 Å². The number of aromatic nitrogens is 4. The topological polar surface area (TPSA) is 107 Å². The van der Waals surface area contributed by atoms with Crippen LogP contribution in [0.4, 0.5) is 32.3 Å². The normalized spacial score (nSPS) is 20.5. The maximum Gasteiger partial charge on any atom is 0.422 e. The minimum absolute atomic E-state index is 0.0567. The minimum Gasteiger partial charge on any atom is -0.338 e. The molecule has 15 heteroatoms. The van der Waals surface area contributed by atoms with E-state index in [2.05, 4.69) is 20.4 Å². The van der Waals surface area contributed by atoms with Crippen LogP contribution in [0.2, 0.25) is 0 Å². The summed E-state index contributed by atoms with van der Waals surface area (Å²) < 4.78 is 78.1. The van der Waals surface area contributed by atoms with E-state index in [1.54, 1.807) is 16.7 Å². The van der Waals surface area contributed by atoms with Gasteiger partial charge in [0, 0.05) is 50.5 Å². The summed E-state index contributed by atoms with van der Waals surface area (Å²) in [6.07, 6.45) is -7.49. The lowest BCUT2D eigenvalue weighted by Crippen LogP contribution is -2.52. The first-order valence-electron chi connectivity index (χ1n) is 11.1. The van der Waals surface area contributed by atoms with Crippen LogP contribution in [0.5, 0.6) is 0 Å². The predicted octanol–water partition coefficient (Wildman–Crippen LogP) is 1.74. The van der Waals surface area contributed by atoms with E-state index in [1.807, 2.05) is 5.10 Å². The van der Waals surface area contributed by atoms with E-state index in [0.717, 1.165) is 0 Å². The van der Waals surface area contributed by atoms with Gasteiger partial charge < -0.3 is 15.1 Å². The maximum atomic E-state index is 13.4. The fraction of sp³-hybridized carbons (Fsp3) is 0.571. The van der Waals surface area contributed by atoms with Crippen molar-refractivity contribution >= 4 is 11.9 Å². The molecule has 0 radical (unpaired) electrons. The van der Waals surface area contributed by atoms with Gasteiger partial charge in [-0.1, -0.05) is 6.92 Å². The highest BCUT2D eigenvalue weighted by Gasteiger charge is 2.45. The lowest BCUT2D eigenvalue weighted by molar-refractivity contribution is -0.139. The molecule has 2 aromatic heterocycles. The van der Waals surface area contributed by atoms with Crippen molar-refractivity contribution in [2.75, 3.05) is 44.2 Å². The first kappa shape index (κ1) is 25.9. The minimum atomic E-state index is -4.79. The smallest absolute Gasteiger partial charge is 0.338 e. The Kier molecular flexibility index (Phi) is 6.70. The summed E-state index contributed by atoms with van der Waals surface area (Å²) in [5.74, 6) is -0.0833. The van der Waals surface area contributed by atoms with E-state index in [1.165, 1.54) is 0 Å². The number of anilines is 1. The SMILES string of the molecule is C[C@]1(CNCC(=O)N2CCN(c3ncc(C(F)(F)F)cn3)CC2)CCc2c1n[nH]c(=O)c2C(F)(F)F. The van der Waals surface area contributed by atoms with Gasteiger partial charge in [-0.3, -0.25) is 9.59 Å². The third-order valence-electron chi connectivity index (χ3n) is 6.54. The van der Waals surface area contributed by atoms with Crippen molar-refractivity contribution in [3.63, 3.8) is 0 Å². The number of aromatic amines is 1. The summed E-state index contributed by atoms with van der Waals surface area (Å²) in [6.45, 7) is 3.13. The van der Waals surface area contributed by atoms with Gasteiger partial charge in [0.1, 0.15) is 5.56 Å². The average molecular weight is 519 g/mol. The molecule has 0 bridgehead atoms. The van der Waals surface area contributed by atoms with Crippen LogP contribution in [0.25, 0.3) is 0 Å². The number of hydrogen-bond acceptors (Lipinski definition) is 7. The van der Waals surface area contributed by atoms with Crippen molar-refractivity contribution in [3.05, 3.63) is 45.1 Å². The Balaban J connectivity index is 1.30. The summed E-state index contributed by atoms with van der Waals surface area (Å²) >= 11 is 0. The number of piperazine rings is 1. The second-order valence-corrected chi connectivity index (χ2v) is 9.05. The van der Waals surface area contributed by atoms with Crippen molar-refractivity contribution in [2.24, 2.45) is 0 Å². The summed E-state index contributed by atoms with van der Waals surface area (Å²) in [5.41, 5.74) is -4.17. The van der Waals surface area contributed by atoms with Gasteiger partial charge in [0.25, 0.3) is 5.56 Å². The zero-order valence-electron chi connectivity index (χ0n) is 19.1. The number of fused-ring (bicyclic) bond motifs is 1. The Hall–Kier alpha value is -3.23. The number of carbonyl (C=O) groups excluding carboxylic acids is 1. The molecule has 1 saturated heterocycles. The molecule has 9 nitrogen and oxygen atoms in total. The van der Waals surface area contributed by atoms with Crippen molar-refractivity contribution in [1.29, 1.82) is 0 Å². The van der Waals surface area contributed by atoms with Gasteiger partial charge in [-0.2, -0.15) is 31.4 Å². The molecule has 0 saturated carbocycles. The van der Waals surface area contributed by atoms with Crippen LogP contribution >= 0.6 is 0 Å². The van der Waals surface area contributed by atoms with Gasteiger partial charge in [-0.25, -0.2) is 15.1 Å². The highest BCUT2D eigenvalue weighted by Crippen LogP contribution is 2.41. The number of carbonyl (C=O) groups is 1. The second kappa shape index (κ2) is 9.33. The number of halogens is 6. The number of rotatable bonds is 5. The van der Waals surface area contributed by atoms with Gasteiger partial charge in [0.15, 0.2) is 0 Å². The van der Waals surface area contributed by atoms with Crippen molar-refractivity contribution in [2.45, 2.75) is 37.5 Å². The highest BCUT2D eigenvalue weighted by molar-refractivity contribution is 5.78. The third-order valence-corrected chi connectivity index (χ3v) is 6.54. The van der Waals surface area contributed by atoms with Crippen molar-refractivity contribution in [3.8, 4) is 0 Å². The quantitative estimate of drug-likeness (QED) is 0.580. The van der Waals surface area contributed by atoms with E-state index in [-0.39, 0.29) is 42.6 Å². The molecule has 2 N–H and O–H groups in total. The molecule has 1 amide bonds. The van der Waals surface area contributed by atoms with Crippen LogP contribution in [0.3, 0.4) is 0 Å². The molecule has 1 aliphatic heterocycles. The molecular formula is C21H23F6N7O2. The van der Waals surface area contributed by atoms with E-state index < -0.39 is 34.5 Å². The molecule has 4 rings (SSSR count). The first-order valence-corrected chi connectivity index (χ1v) is 11.1. The first-order chi connectivity index (χ1) is 16.8. The van der Waals surface area contributed by atoms with Gasteiger partial charge in [-0.15, -0.1) is 0 Å². The second-order valence-electron chi connectivity index (χ2n) is 9.05. The molecule has 1 aliphatic carbocycles. The molecular weight excluding hydrogens is 496 g/mol. The Morgan fingerprint density at radius 3 is 2.31 bits per heavy atom. The zero-order chi connectivity index (χ0) is 26.3. The number of alkyl halides is 6. The molecule has 0 spiro atoms. The molecule has 2 aromatic rings. The molecule has 1 fully saturated rings. The van der Waals surface area contributed by atoms with Crippen molar-refractivity contribution < 1.29 is 31.1 Å². The van der Waals surface area contributed by atoms with Crippen LogP contribution < -0.4 is 15.8 Å². The highest BCUT2D eigenvalue weighted by atomic mass is 19.4. The molecule has 3 heterocycles. The maximum absolute atomic E-state index is 13.4. The Labute approximate surface area is 200 Å². The fourth-order valence-corrected chi connectivity index (χ4v) is 4.56. The number of amides is 1. The van der Waals surface area contributed by atoms with Crippen LogP contribution in [-0.4, -0.2) is 70.2 Å². The number of nitrogens with one attached hydrogen (secondary N) is 2. The van der Waals surface area contributed by atoms with Gasteiger partial charge in [0.05, 0.1) is 17.8 Å². The molecule has 196 valence electrons. The van der Waals surface area contributed by atoms with E-state index in [4.69, 9.17) is 0 Å². The van der Waals surface area contributed by atoms with Gasteiger partial charge in [0.2, 0.25) is 11.9 Å².